The number of aliphatic hydroxyl groups excluding tert-OH is 1. The summed E-state index contributed by atoms with van der Waals surface area (Å²) in [6, 6.07) is 8.42. The quantitative estimate of drug-likeness (QED) is 0.888. The summed E-state index contributed by atoms with van der Waals surface area (Å²) in [7, 11) is 1.69. The molecule has 1 aromatic heterocycles. The first kappa shape index (κ1) is 16.0. The van der Waals surface area contributed by atoms with E-state index >= 15 is 0 Å². The Morgan fingerprint density at radius 1 is 1.39 bits per heavy atom. The summed E-state index contributed by atoms with van der Waals surface area (Å²) in [6.07, 6.45) is 5.52. The smallest absolute Gasteiger partial charge is 0.119 e. The Balaban J connectivity index is 1.69. The van der Waals surface area contributed by atoms with E-state index < -0.39 is 0 Å². The summed E-state index contributed by atoms with van der Waals surface area (Å²) in [6.45, 7) is 4.64. The Labute approximate surface area is 137 Å². The van der Waals surface area contributed by atoms with Gasteiger partial charge in [0.05, 0.1) is 19.4 Å². The van der Waals surface area contributed by atoms with Crippen molar-refractivity contribution < 1.29 is 9.84 Å². The number of likely N-dealkylation sites (tertiary alicyclic amines) is 1. The molecule has 1 saturated heterocycles. The molecule has 2 aromatic rings. The molecule has 3 rings (SSSR count). The largest absolute Gasteiger partial charge is 0.497 e. The molecule has 0 saturated carbocycles. The molecule has 1 aromatic carbocycles. The number of hydrogen-bond donors (Lipinski definition) is 1. The molecule has 1 aliphatic heterocycles. The molecule has 5 heteroatoms. The van der Waals surface area contributed by atoms with Gasteiger partial charge in [-0.3, -0.25) is 9.58 Å². The highest BCUT2D eigenvalue weighted by Gasteiger charge is 2.31. The number of nitrogens with zero attached hydrogens (tertiary/aromatic N) is 3. The SMILES string of the molecule is CCn1cc(CCN2C[C@H](O)C[C@@H]2c2cccc(OC)c2)cn1. The van der Waals surface area contributed by atoms with Gasteiger partial charge in [0.15, 0.2) is 0 Å². The van der Waals surface area contributed by atoms with E-state index in [9.17, 15) is 5.11 Å². The van der Waals surface area contributed by atoms with Crippen molar-refractivity contribution in [1.82, 2.24) is 14.7 Å². The van der Waals surface area contributed by atoms with Crippen molar-refractivity contribution in [3.63, 3.8) is 0 Å². The Morgan fingerprint density at radius 2 is 2.26 bits per heavy atom. The molecule has 0 bridgehead atoms. The highest BCUT2D eigenvalue weighted by atomic mass is 16.5. The van der Waals surface area contributed by atoms with Crippen LogP contribution < -0.4 is 4.74 Å². The lowest BCUT2D eigenvalue weighted by molar-refractivity contribution is 0.175. The summed E-state index contributed by atoms with van der Waals surface area (Å²) in [5.74, 6) is 0.869. The number of rotatable bonds is 6. The molecular formula is C18H25N3O2. The van der Waals surface area contributed by atoms with Crippen LogP contribution in [0.5, 0.6) is 5.75 Å². The third-order valence-electron chi connectivity index (χ3n) is 4.56. The molecule has 0 unspecified atom stereocenters. The average Bonchev–Trinajstić information content (AvgIpc) is 3.19. The van der Waals surface area contributed by atoms with E-state index in [1.807, 2.05) is 23.0 Å². The van der Waals surface area contributed by atoms with Crippen LogP contribution in [0.3, 0.4) is 0 Å². The van der Waals surface area contributed by atoms with Gasteiger partial charge in [0.2, 0.25) is 0 Å². The summed E-state index contributed by atoms with van der Waals surface area (Å²) in [5, 5.41) is 14.4. The van der Waals surface area contributed by atoms with Gasteiger partial charge in [-0.25, -0.2) is 0 Å². The third-order valence-corrected chi connectivity index (χ3v) is 4.56. The molecule has 23 heavy (non-hydrogen) atoms. The zero-order valence-electron chi connectivity index (χ0n) is 13.9. The average molecular weight is 315 g/mol. The second kappa shape index (κ2) is 7.15. The van der Waals surface area contributed by atoms with E-state index in [0.717, 1.165) is 38.2 Å². The topological polar surface area (TPSA) is 50.5 Å². The van der Waals surface area contributed by atoms with Crippen LogP contribution in [0.15, 0.2) is 36.7 Å². The van der Waals surface area contributed by atoms with E-state index in [0.29, 0.717) is 0 Å². The molecule has 0 spiro atoms. The number of β-amino-alcohol motifs (C(OH)–C–C–N with tert-alkyl or cyclic N) is 1. The van der Waals surface area contributed by atoms with Crippen LogP contribution in [-0.4, -0.2) is 46.1 Å². The predicted octanol–water partition coefficient (Wildman–Crippen LogP) is 2.26. The molecule has 0 aliphatic carbocycles. The lowest BCUT2D eigenvalue weighted by Gasteiger charge is -2.24. The Kier molecular flexibility index (Phi) is 4.98. The molecule has 2 atom stereocenters. The molecular weight excluding hydrogens is 290 g/mol. The van der Waals surface area contributed by atoms with Crippen LogP contribution in [0.4, 0.5) is 0 Å². The normalized spacial score (nSPS) is 21.7. The van der Waals surface area contributed by atoms with Gasteiger partial charge in [-0.15, -0.1) is 0 Å². The Morgan fingerprint density at radius 3 is 3.00 bits per heavy atom. The zero-order valence-corrected chi connectivity index (χ0v) is 13.9. The van der Waals surface area contributed by atoms with Crippen LogP contribution in [-0.2, 0) is 13.0 Å². The Bertz CT molecular complexity index is 641. The van der Waals surface area contributed by atoms with Gasteiger partial charge in [-0.1, -0.05) is 12.1 Å². The molecule has 1 fully saturated rings. The fourth-order valence-corrected chi connectivity index (χ4v) is 3.30. The number of aliphatic hydroxyl groups is 1. The second-order valence-corrected chi connectivity index (χ2v) is 6.13. The standard InChI is InChI=1S/C18H25N3O2/c1-3-21-12-14(11-19-21)7-8-20-13-16(22)10-18(20)15-5-4-6-17(9-15)23-2/h4-6,9,11-12,16,18,22H,3,7-8,10,13H2,1-2H3/t16-,18-/m1/s1. The maximum Gasteiger partial charge on any atom is 0.119 e. The lowest BCUT2D eigenvalue weighted by atomic mass is 10.0. The van der Waals surface area contributed by atoms with E-state index in [4.69, 9.17) is 4.74 Å². The highest BCUT2D eigenvalue weighted by molar-refractivity contribution is 5.31. The third kappa shape index (κ3) is 3.74. The number of methoxy groups -OCH3 is 1. The van der Waals surface area contributed by atoms with Crippen LogP contribution in [0.2, 0.25) is 0 Å². The van der Waals surface area contributed by atoms with Crippen LogP contribution in [0.25, 0.3) is 0 Å². The first-order valence-electron chi connectivity index (χ1n) is 8.27. The summed E-state index contributed by atoms with van der Waals surface area (Å²) >= 11 is 0. The summed E-state index contributed by atoms with van der Waals surface area (Å²) in [4.78, 5) is 2.36. The number of ether oxygens (including phenoxy) is 1. The first-order chi connectivity index (χ1) is 11.2. The van der Waals surface area contributed by atoms with Gasteiger partial charge in [0, 0.05) is 31.9 Å². The first-order valence-corrected chi connectivity index (χ1v) is 8.27. The van der Waals surface area contributed by atoms with E-state index in [1.54, 1.807) is 7.11 Å². The molecule has 5 nitrogen and oxygen atoms in total. The van der Waals surface area contributed by atoms with Gasteiger partial charge in [-0.05, 0) is 43.0 Å². The molecule has 0 radical (unpaired) electrons. The molecule has 2 heterocycles. The lowest BCUT2D eigenvalue weighted by Crippen LogP contribution is -2.27. The minimum Gasteiger partial charge on any atom is -0.497 e. The number of aryl methyl sites for hydroxylation is 1. The second-order valence-electron chi connectivity index (χ2n) is 6.13. The van der Waals surface area contributed by atoms with Crippen molar-refractivity contribution >= 4 is 0 Å². The summed E-state index contributed by atoms with van der Waals surface area (Å²) < 4.78 is 7.28. The van der Waals surface area contributed by atoms with Crippen LogP contribution in [0, 0.1) is 0 Å². The van der Waals surface area contributed by atoms with E-state index in [1.165, 1.54) is 11.1 Å². The fourth-order valence-electron chi connectivity index (χ4n) is 3.30. The zero-order chi connectivity index (χ0) is 16.2. The van der Waals surface area contributed by atoms with Crippen LogP contribution >= 0.6 is 0 Å². The Hall–Kier alpha value is -1.85. The number of benzene rings is 1. The van der Waals surface area contributed by atoms with Crippen molar-refractivity contribution in [3.05, 3.63) is 47.8 Å². The molecule has 0 amide bonds. The van der Waals surface area contributed by atoms with Gasteiger partial charge in [0.25, 0.3) is 0 Å². The van der Waals surface area contributed by atoms with Gasteiger partial charge < -0.3 is 9.84 Å². The molecule has 1 N–H and O–H groups in total. The molecule has 124 valence electrons. The number of aromatic nitrogens is 2. The van der Waals surface area contributed by atoms with E-state index in [2.05, 4.69) is 35.3 Å². The highest BCUT2D eigenvalue weighted by Crippen LogP contribution is 2.33. The monoisotopic (exact) mass is 315 g/mol. The van der Waals surface area contributed by atoms with Gasteiger partial charge in [0.1, 0.15) is 5.75 Å². The maximum atomic E-state index is 10.1. The fraction of sp³-hybridized carbons (Fsp3) is 0.500. The van der Waals surface area contributed by atoms with Crippen molar-refractivity contribution in [2.45, 2.75) is 38.5 Å². The van der Waals surface area contributed by atoms with E-state index in [-0.39, 0.29) is 12.1 Å². The molecule has 1 aliphatic rings. The van der Waals surface area contributed by atoms with Crippen LogP contribution in [0.1, 0.15) is 30.5 Å². The van der Waals surface area contributed by atoms with Gasteiger partial charge in [-0.2, -0.15) is 5.10 Å². The minimum absolute atomic E-state index is 0.251. The van der Waals surface area contributed by atoms with Crippen molar-refractivity contribution in [3.8, 4) is 5.75 Å². The van der Waals surface area contributed by atoms with Crippen molar-refractivity contribution in [1.29, 1.82) is 0 Å². The number of hydrogen-bond acceptors (Lipinski definition) is 4. The van der Waals surface area contributed by atoms with Crippen molar-refractivity contribution in [2.75, 3.05) is 20.2 Å². The van der Waals surface area contributed by atoms with Crippen molar-refractivity contribution in [2.24, 2.45) is 0 Å². The van der Waals surface area contributed by atoms with Gasteiger partial charge >= 0.3 is 0 Å². The predicted molar refractivity (Wildman–Crippen MR) is 89.5 cm³/mol. The maximum absolute atomic E-state index is 10.1. The summed E-state index contributed by atoms with van der Waals surface area (Å²) in [5.41, 5.74) is 2.46. The minimum atomic E-state index is -0.260.